The van der Waals surface area contributed by atoms with Crippen LogP contribution in [0.25, 0.3) is 0 Å². The van der Waals surface area contributed by atoms with Crippen molar-refractivity contribution in [1.82, 2.24) is 0 Å². The minimum atomic E-state index is -0.307. The highest BCUT2D eigenvalue weighted by atomic mass is 35.5. The summed E-state index contributed by atoms with van der Waals surface area (Å²) in [6.45, 7) is 0.879. The monoisotopic (exact) mass is 285 g/mol. The summed E-state index contributed by atoms with van der Waals surface area (Å²) in [6.07, 6.45) is 6.54. The van der Waals surface area contributed by atoms with Crippen molar-refractivity contribution in [3.05, 3.63) is 34.6 Å². The van der Waals surface area contributed by atoms with E-state index in [1.807, 2.05) is 0 Å². The van der Waals surface area contributed by atoms with Crippen molar-refractivity contribution in [3.63, 3.8) is 0 Å². The molecule has 1 saturated heterocycles. The molecule has 4 heteroatoms. The molecular weight excluding hydrogens is 265 g/mol. The molecule has 19 heavy (non-hydrogen) atoms. The Labute approximate surface area is 119 Å². The fraction of sp³-hybridized carbons (Fsp3) is 0.600. The molecule has 0 radical (unpaired) electrons. The summed E-state index contributed by atoms with van der Waals surface area (Å²) >= 11 is 6.00. The van der Waals surface area contributed by atoms with Gasteiger partial charge < -0.3 is 10.5 Å². The molecule has 0 aromatic heterocycles. The smallest absolute Gasteiger partial charge is 0.124 e. The second kappa shape index (κ2) is 7.22. The molecule has 0 amide bonds. The van der Waals surface area contributed by atoms with E-state index in [-0.39, 0.29) is 11.9 Å². The quantitative estimate of drug-likeness (QED) is 0.895. The summed E-state index contributed by atoms with van der Waals surface area (Å²) < 4.78 is 18.6. The predicted molar refractivity (Wildman–Crippen MR) is 75.9 cm³/mol. The Morgan fingerprint density at radius 2 is 2.26 bits per heavy atom. The van der Waals surface area contributed by atoms with E-state index in [4.69, 9.17) is 22.1 Å². The SMILES string of the molecule is NC(CCC1CCCCO1)Cc1ccc(F)cc1Cl. The van der Waals surface area contributed by atoms with Crippen LogP contribution < -0.4 is 5.73 Å². The number of benzene rings is 1. The summed E-state index contributed by atoms with van der Waals surface area (Å²) in [5, 5.41) is 0.462. The maximum Gasteiger partial charge on any atom is 0.124 e. The normalized spacial score (nSPS) is 21.3. The molecule has 106 valence electrons. The highest BCUT2D eigenvalue weighted by molar-refractivity contribution is 6.31. The van der Waals surface area contributed by atoms with E-state index in [0.717, 1.165) is 31.4 Å². The third-order valence-corrected chi connectivity index (χ3v) is 3.98. The summed E-state index contributed by atoms with van der Waals surface area (Å²) in [5.74, 6) is -0.307. The van der Waals surface area contributed by atoms with Gasteiger partial charge in [-0.2, -0.15) is 0 Å². The van der Waals surface area contributed by atoms with Crippen LogP contribution in [0.2, 0.25) is 5.02 Å². The average Bonchev–Trinajstić information content (AvgIpc) is 2.41. The van der Waals surface area contributed by atoms with Crippen molar-refractivity contribution >= 4 is 11.6 Å². The number of halogens is 2. The Hall–Kier alpha value is -0.640. The lowest BCUT2D eigenvalue weighted by Gasteiger charge is -2.23. The van der Waals surface area contributed by atoms with Gasteiger partial charge in [0.05, 0.1) is 6.10 Å². The molecule has 2 unspecified atom stereocenters. The first-order valence-electron chi connectivity index (χ1n) is 6.96. The number of ether oxygens (including phenoxy) is 1. The van der Waals surface area contributed by atoms with Crippen molar-refractivity contribution in [3.8, 4) is 0 Å². The van der Waals surface area contributed by atoms with Gasteiger partial charge in [-0.05, 0) is 56.2 Å². The van der Waals surface area contributed by atoms with Gasteiger partial charge in [-0.1, -0.05) is 17.7 Å². The molecule has 0 saturated carbocycles. The van der Waals surface area contributed by atoms with E-state index in [0.29, 0.717) is 17.5 Å². The molecule has 0 bridgehead atoms. The third-order valence-electron chi connectivity index (χ3n) is 3.63. The summed E-state index contributed by atoms with van der Waals surface area (Å²) in [4.78, 5) is 0. The Morgan fingerprint density at radius 3 is 2.95 bits per heavy atom. The van der Waals surface area contributed by atoms with Gasteiger partial charge in [-0.3, -0.25) is 0 Å². The standard InChI is InChI=1S/C15H21ClFNO/c16-15-10-12(17)5-4-11(15)9-13(18)6-7-14-3-1-2-8-19-14/h4-5,10,13-14H,1-3,6-9,18H2. The van der Waals surface area contributed by atoms with Gasteiger partial charge >= 0.3 is 0 Å². The van der Waals surface area contributed by atoms with E-state index in [2.05, 4.69) is 0 Å². The third kappa shape index (κ3) is 4.75. The van der Waals surface area contributed by atoms with Gasteiger partial charge in [-0.15, -0.1) is 0 Å². The van der Waals surface area contributed by atoms with Crippen LogP contribution >= 0.6 is 11.6 Å². The van der Waals surface area contributed by atoms with Crippen molar-refractivity contribution in [2.45, 2.75) is 50.7 Å². The van der Waals surface area contributed by atoms with Crippen LogP contribution in [0, 0.1) is 5.82 Å². The van der Waals surface area contributed by atoms with Gasteiger partial charge in [0.1, 0.15) is 5.82 Å². The number of hydrogen-bond donors (Lipinski definition) is 1. The Morgan fingerprint density at radius 1 is 1.42 bits per heavy atom. The molecule has 0 aliphatic carbocycles. The molecule has 1 aromatic carbocycles. The van der Waals surface area contributed by atoms with Crippen molar-refractivity contribution in [2.75, 3.05) is 6.61 Å². The van der Waals surface area contributed by atoms with E-state index >= 15 is 0 Å². The van der Waals surface area contributed by atoms with E-state index in [1.165, 1.54) is 25.0 Å². The van der Waals surface area contributed by atoms with Crippen LogP contribution in [0.4, 0.5) is 4.39 Å². The topological polar surface area (TPSA) is 35.2 Å². The summed E-state index contributed by atoms with van der Waals surface area (Å²) in [5.41, 5.74) is 7.04. The molecule has 0 spiro atoms. The van der Waals surface area contributed by atoms with E-state index in [1.54, 1.807) is 6.07 Å². The second-order valence-electron chi connectivity index (χ2n) is 5.27. The van der Waals surface area contributed by atoms with Gasteiger partial charge in [-0.25, -0.2) is 4.39 Å². The number of nitrogens with two attached hydrogens (primary N) is 1. The molecule has 1 fully saturated rings. The van der Waals surface area contributed by atoms with Gasteiger partial charge in [0, 0.05) is 17.7 Å². The fourth-order valence-electron chi connectivity index (χ4n) is 2.51. The predicted octanol–water partition coefficient (Wildman–Crippen LogP) is 3.70. The number of hydrogen-bond acceptors (Lipinski definition) is 2. The largest absolute Gasteiger partial charge is 0.378 e. The molecule has 2 N–H and O–H groups in total. The van der Waals surface area contributed by atoms with E-state index in [9.17, 15) is 4.39 Å². The summed E-state index contributed by atoms with van der Waals surface area (Å²) in [7, 11) is 0. The van der Waals surface area contributed by atoms with Crippen molar-refractivity contribution in [1.29, 1.82) is 0 Å². The fourth-order valence-corrected chi connectivity index (χ4v) is 2.75. The Balaban J connectivity index is 1.78. The van der Waals surface area contributed by atoms with Crippen LogP contribution in [-0.4, -0.2) is 18.8 Å². The lowest BCUT2D eigenvalue weighted by Crippen LogP contribution is -2.27. The maximum absolute atomic E-state index is 12.9. The average molecular weight is 286 g/mol. The lowest BCUT2D eigenvalue weighted by molar-refractivity contribution is 0.00916. The van der Waals surface area contributed by atoms with E-state index < -0.39 is 0 Å². The van der Waals surface area contributed by atoms with Gasteiger partial charge in [0.15, 0.2) is 0 Å². The van der Waals surface area contributed by atoms with Crippen molar-refractivity contribution < 1.29 is 9.13 Å². The zero-order chi connectivity index (χ0) is 13.7. The molecule has 2 nitrogen and oxygen atoms in total. The first-order valence-corrected chi connectivity index (χ1v) is 7.34. The molecule has 1 aromatic rings. The van der Waals surface area contributed by atoms with Crippen LogP contribution in [0.1, 0.15) is 37.7 Å². The second-order valence-corrected chi connectivity index (χ2v) is 5.67. The minimum absolute atomic E-state index is 0.0495. The highest BCUT2D eigenvalue weighted by Gasteiger charge is 2.16. The Bertz CT molecular complexity index is 407. The first kappa shape index (κ1) is 14.8. The lowest BCUT2D eigenvalue weighted by atomic mass is 9.98. The molecule has 2 atom stereocenters. The minimum Gasteiger partial charge on any atom is -0.378 e. The Kier molecular flexibility index (Phi) is 5.61. The van der Waals surface area contributed by atoms with Gasteiger partial charge in [0.2, 0.25) is 0 Å². The van der Waals surface area contributed by atoms with Gasteiger partial charge in [0.25, 0.3) is 0 Å². The molecule has 1 heterocycles. The van der Waals surface area contributed by atoms with Crippen LogP contribution in [-0.2, 0) is 11.2 Å². The summed E-state index contributed by atoms with van der Waals surface area (Å²) in [6, 6.07) is 4.54. The maximum atomic E-state index is 12.9. The highest BCUT2D eigenvalue weighted by Crippen LogP contribution is 2.21. The zero-order valence-corrected chi connectivity index (χ0v) is 11.8. The van der Waals surface area contributed by atoms with Crippen LogP contribution in [0.15, 0.2) is 18.2 Å². The molecule has 1 aliphatic rings. The molecule has 1 aliphatic heterocycles. The first-order chi connectivity index (χ1) is 9.15. The van der Waals surface area contributed by atoms with Crippen molar-refractivity contribution in [2.24, 2.45) is 5.73 Å². The molecule has 2 rings (SSSR count). The zero-order valence-electron chi connectivity index (χ0n) is 11.1. The molecular formula is C15H21ClFNO. The van der Waals surface area contributed by atoms with Crippen LogP contribution in [0.3, 0.4) is 0 Å². The van der Waals surface area contributed by atoms with Crippen LogP contribution in [0.5, 0.6) is 0 Å². The number of rotatable bonds is 5.